The molecule has 0 saturated heterocycles. The van der Waals surface area contributed by atoms with E-state index in [1.54, 1.807) is 16.4 Å². The average Bonchev–Trinajstić information content (AvgIpc) is 3.05. The van der Waals surface area contributed by atoms with E-state index in [1.807, 2.05) is 43.3 Å². The van der Waals surface area contributed by atoms with Gasteiger partial charge in [0.05, 0.1) is 28.3 Å². The Kier molecular flexibility index (Phi) is 4.82. The molecule has 2 aromatic rings. The number of rotatable bonds is 3. The van der Waals surface area contributed by atoms with Gasteiger partial charge in [-0.15, -0.1) is 0 Å². The van der Waals surface area contributed by atoms with E-state index in [0.29, 0.717) is 18.5 Å². The van der Waals surface area contributed by atoms with Crippen LogP contribution in [0.25, 0.3) is 0 Å². The van der Waals surface area contributed by atoms with Gasteiger partial charge in [0.2, 0.25) is 0 Å². The molecule has 2 heterocycles. The fourth-order valence-corrected chi connectivity index (χ4v) is 7.31. The number of ketones is 1. The minimum absolute atomic E-state index is 0.00984. The van der Waals surface area contributed by atoms with Gasteiger partial charge in [-0.05, 0) is 57.4 Å². The highest BCUT2D eigenvalue weighted by Crippen LogP contribution is 2.58. The summed E-state index contributed by atoms with van der Waals surface area (Å²) in [5.74, 6) is 0.00984. The van der Waals surface area contributed by atoms with Crippen LogP contribution in [0, 0.1) is 6.92 Å². The van der Waals surface area contributed by atoms with E-state index in [-0.39, 0.29) is 23.1 Å². The van der Waals surface area contributed by atoms with Gasteiger partial charge >= 0.3 is 0 Å². The zero-order valence-corrected chi connectivity index (χ0v) is 19.4. The molecule has 0 spiro atoms. The first-order chi connectivity index (χ1) is 15.2. The molecule has 3 aliphatic rings. The number of carbonyl (C=O) groups excluding carboxylic acids is 1. The number of sulfonamides is 1. The van der Waals surface area contributed by atoms with Crippen molar-refractivity contribution < 1.29 is 17.9 Å². The molecular weight excluding hydrogens is 422 g/mol. The van der Waals surface area contributed by atoms with E-state index in [1.165, 1.54) is 23.5 Å². The Morgan fingerprint density at radius 2 is 1.69 bits per heavy atom. The lowest BCUT2D eigenvalue weighted by atomic mass is 9.62. The molecule has 0 amide bonds. The zero-order chi connectivity index (χ0) is 22.7. The molecular formula is C26H27NO4S. The van der Waals surface area contributed by atoms with E-state index in [4.69, 9.17) is 4.74 Å². The monoisotopic (exact) mass is 449 g/mol. The SMILES string of the molecule is CC1=C(C)C[C@@]2(C3CC(=O)C=CO3)c3ccccc3N(S(=O)(=O)c3ccc(C)cc3)[C@H]2C1. The highest BCUT2D eigenvalue weighted by molar-refractivity contribution is 7.92. The predicted molar refractivity (Wildman–Crippen MR) is 124 cm³/mol. The quantitative estimate of drug-likeness (QED) is 0.631. The van der Waals surface area contributed by atoms with Crippen molar-refractivity contribution in [1.82, 2.24) is 0 Å². The number of hydrogen-bond donors (Lipinski definition) is 0. The fraction of sp³-hybridized carbons (Fsp3) is 0.346. The van der Waals surface area contributed by atoms with Crippen LogP contribution in [0.5, 0.6) is 0 Å². The third-order valence-corrected chi connectivity index (χ3v) is 9.18. The van der Waals surface area contributed by atoms with Crippen LogP contribution in [0.3, 0.4) is 0 Å². The van der Waals surface area contributed by atoms with Crippen LogP contribution in [0.4, 0.5) is 5.69 Å². The molecule has 3 atom stereocenters. The fourth-order valence-electron chi connectivity index (χ4n) is 5.58. The van der Waals surface area contributed by atoms with E-state index < -0.39 is 21.5 Å². The van der Waals surface area contributed by atoms with Crippen LogP contribution >= 0.6 is 0 Å². The molecule has 166 valence electrons. The minimum Gasteiger partial charge on any atom is -0.496 e. The van der Waals surface area contributed by atoms with Gasteiger partial charge in [0.1, 0.15) is 6.10 Å². The summed E-state index contributed by atoms with van der Waals surface area (Å²) in [7, 11) is -3.82. The third kappa shape index (κ3) is 2.96. The summed E-state index contributed by atoms with van der Waals surface area (Å²) >= 11 is 0. The number of carbonyl (C=O) groups is 1. The number of hydrogen-bond acceptors (Lipinski definition) is 4. The second kappa shape index (κ2) is 7.34. The predicted octanol–water partition coefficient (Wildman–Crippen LogP) is 4.81. The molecule has 2 aliphatic heterocycles. The number of para-hydroxylation sites is 1. The summed E-state index contributed by atoms with van der Waals surface area (Å²) in [6.45, 7) is 6.12. The Labute approximate surface area is 189 Å². The van der Waals surface area contributed by atoms with Gasteiger partial charge in [0, 0.05) is 12.5 Å². The van der Waals surface area contributed by atoms with Crippen molar-refractivity contribution in [3.05, 3.63) is 83.1 Å². The minimum atomic E-state index is -3.82. The molecule has 32 heavy (non-hydrogen) atoms. The maximum atomic E-state index is 14.0. The number of anilines is 1. The zero-order valence-electron chi connectivity index (χ0n) is 18.5. The second-order valence-electron chi connectivity index (χ2n) is 9.23. The topological polar surface area (TPSA) is 63.7 Å². The Balaban J connectivity index is 1.74. The lowest BCUT2D eigenvalue weighted by molar-refractivity contribution is -0.119. The smallest absolute Gasteiger partial charge is 0.264 e. The van der Waals surface area contributed by atoms with E-state index in [2.05, 4.69) is 13.8 Å². The Morgan fingerprint density at radius 3 is 2.41 bits per heavy atom. The Bertz CT molecular complexity index is 1260. The molecule has 2 aromatic carbocycles. The maximum absolute atomic E-state index is 14.0. The number of allylic oxidation sites excluding steroid dienone is 2. The molecule has 6 heteroatoms. The van der Waals surface area contributed by atoms with Gasteiger partial charge in [-0.1, -0.05) is 47.0 Å². The molecule has 0 N–H and O–H groups in total. The van der Waals surface area contributed by atoms with Crippen LogP contribution in [0.15, 0.2) is 76.9 Å². The number of nitrogens with zero attached hydrogens (tertiary/aromatic N) is 1. The third-order valence-electron chi connectivity index (χ3n) is 7.34. The summed E-state index contributed by atoms with van der Waals surface area (Å²) in [5.41, 5.74) is 4.44. The van der Waals surface area contributed by atoms with Gasteiger partial charge in [-0.3, -0.25) is 9.10 Å². The van der Waals surface area contributed by atoms with Gasteiger partial charge in [0.25, 0.3) is 10.0 Å². The van der Waals surface area contributed by atoms with E-state index >= 15 is 0 Å². The van der Waals surface area contributed by atoms with Crippen LogP contribution in [-0.4, -0.2) is 26.3 Å². The lowest BCUT2D eigenvalue weighted by Gasteiger charge is -2.47. The number of ether oxygens (including phenoxy) is 1. The molecule has 5 nitrogen and oxygen atoms in total. The first-order valence-electron chi connectivity index (χ1n) is 11.0. The van der Waals surface area contributed by atoms with Gasteiger partial charge < -0.3 is 4.74 Å². The van der Waals surface area contributed by atoms with Crippen molar-refractivity contribution in [1.29, 1.82) is 0 Å². The van der Waals surface area contributed by atoms with Crippen LogP contribution in [0.2, 0.25) is 0 Å². The first kappa shape index (κ1) is 21.0. The van der Waals surface area contributed by atoms with Gasteiger partial charge in [0.15, 0.2) is 5.78 Å². The molecule has 0 aromatic heterocycles. The molecule has 1 unspecified atom stereocenters. The van der Waals surface area contributed by atoms with Crippen molar-refractivity contribution in [2.45, 2.75) is 62.5 Å². The summed E-state index contributed by atoms with van der Waals surface area (Å²) < 4.78 is 35.7. The molecule has 0 bridgehead atoms. The largest absolute Gasteiger partial charge is 0.496 e. The average molecular weight is 450 g/mol. The van der Waals surface area contributed by atoms with Crippen LogP contribution < -0.4 is 4.31 Å². The molecule has 5 rings (SSSR count). The van der Waals surface area contributed by atoms with Crippen LogP contribution in [0.1, 0.15) is 44.2 Å². The van der Waals surface area contributed by atoms with Crippen molar-refractivity contribution in [3.8, 4) is 0 Å². The van der Waals surface area contributed by atoms with Crippen molar-refractivity contribution >= 4 is 21.5 Å². The van der Waals surface area contributed by atoms with Crippen LogP contribution in [-0.2, 0) is 25.0 Å². The summed E-state index contributed by atoms with van der Waals surface area (Å²) in [6.07, 6.45) is 4.01. The number of benzene rings is 2. The molecule has 1 aliphatic carbocycles. The lowest BCUT2D eigenvalue weighted by Crippen LogP contribution is -2.56. The number of aryl methyl sites for hydroxylation is 1. The van der Waals surface area contributed by atoms with Crippen molar-refractivity contribution in [2.75, 3.05) is 4.31 Å². The second-order valence-corrected chi connectivity index (χ2v) is 11.0. The Morgan fingerprint density at radius 1 is 0.969 bits per heavy atom. The summed E-state index contributed by atoms with van der Waals surface area (Å²) in [4.78, 5) is 12.7. The van der Waals surface area contributed by atoms with E-state index in [0.717, 1.165) is 11.1 Å². The first-order valence-corrected chi connectivity index (χ1v) is 12.4. The summed E-state index contributed by atoms with van der Waals surface area (Å²) in [6, 6.07) is 14.3. The molecule has 0 radical (unpaired) electrons. The molecule has 0 saturated carbocycles. The van der Waals surface area contributed by atoms with Crippen molar-refractivity contribution in [3.63, 3.8) is 0 Å². The number of fused-ring (bicyclic) bond motifs is 3. The molecule has 0 fully saturated rings. The highest BCUT2D eigenvalue weighted by Gasteiger charge is 2.60. The Hall–Kier alpha value is -2.86. The van der Waals surface area contributed by atoms with Gasteiger partial charge in [-0.2, -0.15) is 0 Å². The maximum Gasteiger partial charge on any atom is 0.264 e. The standard InChI is InChI=1S/C26H27NO4S/c1-17-8-10-21(11-9-17)32(29,30)27-23-7-5-4-6-22(23)26(25-15-20(28)12-13-31-25)16-19(3)18(2)14-24(26)27/h4-13,24-25H,14-16H2,1-3H3/t24-,25?,26+/m0/s1. The van der Waals surface area contributed by atoms with Gasteiger partial charge in [-0.25, -0.2) is 8.42 Å². The summed E-state index contributed by atoms with van der Waals surface area (Å²) in [5, 5.41) is 0. The van der Waals surface area contributed by atoms with Crippen molar-refractivity contribution in [2.24, 2.45) is 0 Å². The van der Waals surface area contributed by atoms with E-state index in [9.17, 15) is 13.2 Å². The normalized spacial score (nSPS) is 27.2. The highest BCUT2D eigenvalue weighted by atomic mass is 32.2.